The summed E-state index contributed by atoms with van der Waals surface area (Å²) in [6.45, 7) is 4.27. The summed E-state index contributed by atoms with van der Waals surface area (Å²) >= 11 is 6.37. The van der Waals surface area contributed by atoms with E-state index in [9.17, 15) is 4.79 Å². The van der Waals surface area contributed by atoms with Crippen molar-refractivity contribution in [1.29, 1.82) is 0 Å². The molecule has 0 saturated heterocycles. The zero-order valence-electron chi connectivity index (χ0n) is 21.9. The van der Waals surface area contributed by atoms with Gasteiger partial charge >= 0.3 is 6.03 Å². The largest absolute Gasteiger partial charge is 0.497 e. The summed E-state index contributed by atoms with van der Waals surface area (Å²) in [5.74, 6) is 1.64. The van der Waals surface area contributed by atoms with E-state index >= 15 is 0 Å². The number of aromatic nitrogens is 3. The lowest BCUT2D eigenvalue weighted by Crippen LogP contribution is -2.38. The van der Waals surface area contributed by atoms with Gasteiger partial charge in [-0.05, 0) is 73.5 Å². The monoisotopic (exact) mass is 537 g/mol. The van der Waals surface area contributed by atoms with Crippen LogP contribution in [0, 0.1) is 13.8 Å². The van der Waals surface area contributed by atoms with E-state index < -0.39 is 6.04 Å². The predicted molar refractivity (Wildman–Crippen MR) is 153 cm³/mol. The lowest BCUT2D eigenvalue weighted by atomic mass is 10.0. The minimum atomic E-state index is -0.396. The van der Waals surface area contributed by atoms with Crippen LogP contribution in [-0.4, -0.2) is 32.4 Å². The van der Waals surface area contributed by atoms with Crippen molar-refractivity contribution >= 4 is 23.3 Å². The number of urea groups is 1. The van der Waals surface area contributed by atoms with Crippen molar-refractivity contribution in [3.05, 3.63) is 124 Å². The third kappa shape index (κ3) is 4.45. The van der Waals surface area contributed by atoms with Crippen LogP contribution < -0.4 is 10.1 Å². The molecule has 0 bridgehead atoms. The molecule has 0 radical (unpaired) electrons. The van der Waals surface area contributed by atoms with E-state index in [1.165, 1.54) is 0 Å². The van der Waals surface area contributed by atoms with Gasteiger partial charge in [0.1, 0.15) is 11.6 Å². The minimum Gasteiger partial charge on any atom is -0.497 e. The van der Waals surface area contributed by atoms with Gasteiger partial charge in [0.15, 0.2) is 0 Å². The van der Waals surface area contributed by atoms with Gasteiger partial charge in [0.25, 0.3) is 0 Å². The summed E-state index contributed by atoms with van der Waals surface area (Å²) in [5.41, 5.74) is 6.24. The van der Waals surface area contributed by atoms with Crippen LogP contribution >= 0.6 is 11.6 Å². The fourth-order valence-corrected chi connectivity index (χ4v) is 5.36. The number of nitrogens with one attached hydrogen (secondary N) is 1. The van der Waals surface area contributed by atoms with Crippen molar-refractivity contribution in [2.45, 2.75) is 26.4 Å². The Labute approximate surface area is 232 Å². The standard InChI is InChI=1S/C31H28ClN5O2/c1-20-14-15-23(18-27(20)32)33-31(38)36-19-26-21(2)34-37(24-10-5-4-6-11-24)30(26)35-16-8-13-28(35)29(36)22-9-7-12-25(17-22)39-3/h4-18,29H,19H2,1-3H3,(H,33,38)/t29-/m1/s1. The van der Waals surface area contributed by atoms with Crippen LogP contribution in [-0.2, 0) is 6.54 Å². The number of halogens is 1. The van der Waals surface area contributed by atoms with Crippen LogP contribution in [0.4, 0.5) is 10.5 Å². The first kappa shape index (κ1) is 24.8. The van der Waals surface area contributed by atoms with Gasteiger partial charge in [-0.3, -0.25) is 0 Å². The molecule has 1 aliphatic rings. The van der Waals surface area contributed by atoms with Gasteiger partial charge in [0, 0.05) is 22.5 Å². The molecule has 39 heavy (non-hydrogen) atoms. The number of ether oxygens (including phenoxy) is 1. The number of carbonyl (C=O) groups is 1. The third-order valence-corrected chi connectivity index (χ3v) is 7.59. The van der Waals surface area contributed by atoms with Gasteiger partial charge in [-0.2, -0.15) is 5.10 Å². The topological polar surface area (TPSA) is 64.3 Å². The number of amides is 2. The van der Waals surface area contributed by atoms with E-state index in [2.05, 4.69) is 16.0 Å². The first-order valence-electron chi connectivity index (χ1n) is 12.7. The van der Waals surface area contributed by atoms with E-state index in [1.807, 2.05) is 102 Å². The molecule has 1 N–H and O–H groups in total. The van der Waals surface area contributed by atoms with Crippen molar-refractivity contribution in [3.63, 3.8) is 0 Å². The Morgan fingerprint density at radius 1 is 1.00 bits per heavy atom. The number of anilines is 1. The van der Waals surface area contributed by atoms with Gasteiger partial charge in [0.2, 0.25) is 0 Å². The number of carbonyl (C=O) groups excluding carboxylic acids is 1. The Kier molecular flexibility index (Phi) is 6.37. The van der Waals surface area contributed by atoms with Crippen molar-refractivity contribution in [2.75, 3.05) is 12.4 Å². The van der Waals surface area contributed by atoms with Gasteiger partial charge in [-0.15, -0.1) is 0 Å². The summed E-state index contributed by atoms with van der Waals surface area (Å²) in [7, 11) is 1.65. The number of aryl methyl sites for hydroxylation is 2. The van der Waals surface area contributed by atoms with Gasteiger partial charge < -0.3 is 19.5 Å². The molecule has 0 unspecified atom stereocenters. The van der Waals surface area contributed by atoms with Gasteiger partial charge in [-0.25, -0.2) is 9.48 Å². The van der Waals surface area contributed by atoms with Crippen LogP contribution in [0.25, 0.3) is 11.5 Å². The molecule has 7 nitrogen and oxygen atoms in total. The molecule has 0 fully saturated rings. The second kappa shape index (κ2) is 10.0. The summed E-state index contributed by atoms with van der Waals surface area (Å²) in [5, 5.41) is 8.59. The molecule has 3 aromatic carbocycles. The number of hydrogen-bond donors (Lipinski definition) is 1. The molecular formula is C31H28ClN5O2. The number of hydrogen-bond acceptors (Lipinski definition) is 3. The van der Waals surface area contributed by atoms with Crippen LogP contribution in [0.5, 0.6) is 5.75 Å². The van der Waals surface area contributed by atoms with Crippen LogP contribution in [0.1, 0.15) is 34.1 Å². The van der Waals surface area contributed by atoms with E-state index in [-0.39, 0.29) is 6.03 Å². The quantitative estimate of drug-likeness (QED) is 0.266. The number of benzene rings is 3. The predicted octanol–water partition coefficient (Wildman–Crippen LogP) is 7.08. The summed E-state index contributed by atoms with van der Waals surface area (Å²) in [6.07, 6.45) is 2.03. The normalized spacial score (nSPS) is 14.4. The van der Waals surface area contributed by atoms with E-state index in [4.69, 9.17) is 21.4 Å². The molecule has 6 rings (SSSR count). The molecule has 8 heteroatoms. The summed E-state index contributed by atoms with van der Waals surface area (Å²) in [4.78, 5) is 15.9. The first-order valence-corrected chi connectivity index (χ1v) is 13.1. The van der Waals surface area contributed by atoms with Crippen LogP contribution in [0.2, 0.25) is 5.02 Å². The smallest absolute Gasteiger partial charge is 0.322 e. The van der Waals surface area contributed by atoms with Crippen LogP contribution in [0.3, 0.4) is 0 Å². The average Bonchev–Trinajstić information content (AvgIpc) is 3.51. The highest BCUT2D eigenvalue weighted by Gasteiger charge is 2.36. The van der Waals surface area contributed by atoms with E-state index in [0.717, 1.165) is 45.3 Å². The number of rotatable bonds is 4. The second-order valence-corrected chi connectivity index (χ2v) is 10.0. The molecule has 0 spiro atoms. The third-order valence-electron chi connectivity index (χ3n) is 7.18. The van der Waals surface area contributed by atoms with Gasteiger partial charge in [0.05, 0.1) is 36.8 Å². The lowest BCUT2D eigenvalue weighted by Gasteiger charge is -2.31. The van der Waals surface area contributed by atoms with Gasteiger partial charge in [-0.1, -0.05) is 48.0 Å². The Bertz CT molecular complexity index is 1670. The summed E-state index contributed by atoms with van der Waals surface area (Å²) in [6, 6.07) is 26.9. The van der Waals surface area contributed by atoms with Crippen molar-refractivity contribution < 1.29 is 9.53 Å². The molecular weight excluding hydrogens is 510 g/mol. The molecule has 0 aliphatic carbocycles. The Morgan fingerprint density at radius 3 is 2.59 bits per heavy atom. The maximum absolute atomic E-state index is 14.1. The lowest BCUT2D eigenvalue weighted by molar-refractivity contribution is 0.194. The molecule has 5 aromatic rings. The fraction of sp³-hybridized carbons (Fsp3) is 0.161. The van der Waals surface area contributed by atoms with Crippen molar-refractivity contribution in [2.24, 2.45) is 0 Å². The number of fused-ring (bicyclic) bond motifs is 3. The SMILES string of the molecule is COc1cccc([C@@H]2c3cccn3-c3c(c(C)nn3-c3ccccc3)CN2C(=O)Nc2ccc(C)c(Cl)c2)c1. The minimum absolute atomic E-state index is 0.241. The molecule has 2 amide bonds. The van der Waals surface area contributed by atoms with Crippen molar-refractivity contribution in [3.8, 4) is 17.3 Å². The molecule has 0 saturated carbocycles. The number of methoxy groups -OCH3 is 1. The summed E-state index contributed by atoms with van der Waals surface area (Å²) < 4.78 is 9.65. The average molecular weight is 538 g/mol. The molecule has 3 heterocycles. The maximum atomic E-state index is 14.1. The Hall–Kier alpha value is -4.49. The highest BCUT2D eigenvalue weighted by Crippen LogP contribution is 2.39. The number of nitrogens with zero attached hydrogens (tertiary/aromatic N) is 4. The highest BCUT2D eigenvalue weighted by molar-refractivity contribution is 6.31. The van der Waals surface area contributed by atoms with Crippen molar-refractivity contribution in [1.82, 2.24) is 19.2 Å². The highest BCUT2D eigenvalue weighted by atomic mass is 35.5. The molecule has 2 aromatic heterocycles. The molecule has 196 valence electrons. The zero-order chi connectivity index (χ0) is 27.1. The zero-order valence-corrected chi connectivity index (χ0v) is 22.7. The maximum Gasteiger partial charge on any atom is 0.322 e. The number of para-hydroxylation sites is 1. The Balaban J connectivity index is 1.53. The van der Waals surface area contributed by atoms with Crippen LogP contribution in [0.15, 0.2) is 91.1 Å². The van der Waals surface area contributed by atoms with E-state index in [1.54, 1.807) is 13.2 Å². The first-order chi connectivity index (χ1) is 18.9. The van der Waals surface area contributed by atoms with E-state index in [0.29, 0.717) is 17.3 Å². The molecule has 1 atom stereocenters. The molecule has 1 aliphatic heterocycles. The second-order valence-electron chi connectivity index (χ2n) is 9.64. The Morgan fingerprint density at radius 2 is 1.82 bits per heavy atom. The fourth-order valence-electron chi connectivity index (χ4n) is 5.18.